The van der Waals surface area contributed by atoms with Crippen LogP contribution in [-0.2, 0) is 18.4 Å². The average molecular weight is 374 g/mol. The third-order valence-corrected chi connectivity index (χ3v) is 4.37. The number of nitrogens with zero attached hydrogens (tertiary/aromatic N) is 7. The van der Waals surface area contributed by atoms with Gasteiger partial charge in [0, 0.05) is 43.1 Å². The Morgan fingerprint density at radius 3 is 2.64 bits per heavy atom. The molecule has 0 fully saturated rings. The van der Waals surface area contributed by atoms with E-state index in [1.54, 1.807) is 52.6 Å². The summed E-state index contributed by atoms with van der Waals surface area (Å²) in [6.07, 6.45) is 9.93. The maximum atomic E-state index is 12.4. The van der Waals surface area contributed by atoms with Crippen LogP contribution in [0.15, 0.2) is 55.5 Å². The van der Waals surface area contributed by atoms with Gasteiger partial charge >= 0.3 is 0 Å². The highest BCUT2D eigenvalue weighted by molar-refractivity contribution is 5.89. The van der Waals surface area contributed by atoms with Crippen LogP contribution >= 0.6 is 0 Å². The molecule has 9 nitrogen and oxygen atoms in total. The molecule has 4 aromatic rings. The highest BCUT2D eigenvalue weighted by Gasteiger charge is 2.14. The summed E-state index contributed by atoms with van der Waals surface area (Å²) in [5.41, 5.74) is 4.16. The Morgan fingerprint density at radius 1 is 1.07 bits per heavy atom. The SMILES string of the molecule is Cc1c(-c2ccnn2C)ncn1CC(=O)Nc1ccc(-c2cnccn2)cn1. The van der Waals surface area contributed by atoms with Gasteiger partial charge in [0.2, 0.25) is 5.91 Å². The van der Waals surface area contributed by atoms with Gasteiger partial charge in [-0.05, 0) is 25.1 Å². The molecule has 0 aromatic carbocycles. The summed E-state index contributed by atoms with van der Waals surface area (Å²) in [7, 11) is 1.86. The molecule has 1 N–H and O–H groups in total. The van der Waals surface area contributed by atoms with Gasteiger partial charge in [-0.2, -0.15) is 5.10 Å². The van der Waals surface area contributed by atoms with Crippen molar-refractivity contribution in [1.29, 1.82) is 0 Å². The first-order valence-corrected chi connectivity index (χ1v) is 8.64. The molecule has 0 aliphatic carbocycles. The number of rotatable bonds is 5. The number of anilines is 1. The molecule has 0 spiro atoms. The first-order valence-electron chi connectivity index (χ1n) is 8.64. The second-order valence-corrected chi connectivity index (χ2v) is 6.22. The topological polar surface area (TPSA) is 103 Å². The van der Waals surface area contributed by atoms with Crippen molar-refractivity contribution < 1.29 is 4.79 Å². The summed E-state index contributed by atoms with van der Waals surface area (Å²) in [6, 6.07) is 5.47. The zero-order valence-electron chi connectivity index (χ0n) is 15.4. The van der Waals surface area contributed by atoms with E-state index < -0.39 is 0 Å². The highest BCUT2D eigenvalue weighted by Crippen LogP contribution is 2.20. The van der Waals surface area contributed by atoms with Gasteiger partial charge in [-0.25, -0.2) is 9.97 Å². The summed E-state index contributed by atoms with van der Waals surface area (Å²) in [5, 5.41) is 6.96. The molecule has 4 aromatic heterocycles. The van der Waals surface area contributed by atoms with Crippen molar-refractivity contribution in [2.45, 2.75) is 13.5 Å². The van der Waals surface area contributed by atoms with Crippen LogP contribution in [0.5, 0.6) is 0 Å². The molecule has 0 bridgehead atoms. The summed E-state index contributed by atoms with van der Waals surface area (Å²) in [5.74, 6) is 0.291. The minimum absolute atomic E-state index is 0.143. The first-order chi connectivity index (χ1) is 13.6. The molecule has 28 heavy (non-hydrogen) atoms. The van der Waals surface area contributed by atoms with Gasteiger partial charge in [0.25, 0.3) is 0 Å². The lowest BCUT2D eigenvalue weighted by molar-refractivity contribution is -0.116. The summed E-state index contributed by atoms with van der Waals surface area (Å²) < 4.78 is 3.55. The van der Waals surface area contributed by atoms with Gasteiger partial charge in [0.1, 0.15) is 18.1 Å². The van der Waals surface area contributed by atoms with Crippen LogP contribution in [0.25, 0.3) is 22.6 Å². The Hall–Kier alpha value is -3.88. The van der Waals surface area contributed by atoms with Gasteiger partial charge in [-0.1, -0.05) is 0 Å². The minimum Gasteiger partial charge on any atom is -0.325 e. The zero-order chi connectivity index (χ0) is 19.5. The van der Waals surface area contributed by atoms with E-state index in [0.717, 1.165) is 28.3 Å². The molecule has 0 saturated heterocycles. The number of amides is 1. The largest absolute Gasteiger partial charge is 0.325 e. The number of imidazole rings is 1. The molecule has 0 aliphatic rings. The first kappa shape index (κ1) is 17.5. The number of hydrogen-bond donors (Lipinski definition) is 1. The van der Waals surface area contributed by atoms with Crippen LogP contribution < -0.4 is 5.32 Å². The predicted octanol–water partition coefficient (Wildman–Crippen LogP) is 2.08. The average Bonchev–Trinajstić information content (AvgIpc) is 3.28. The minimum atomic E-state index is -0.184. The monoisotopic (exact) mass is 374 g/mol. The normalized spacial score (nSPS) is 10.8. The lowest BCUT2D eigenvalue weighted by atomic mass is 10.2. The number of hydrogen-bond acceptors (Lipinski definition) is 6. The van der Waals surface area contributed by atoms with E-state index in [0.29, 0.717) is 5.82 Å². The van der Waals surface area contributed by atoms with E-state index in [1.165, 1.54) is 0 Å². The van der Waals surface area contributed by atoms with Crippen LogP contribution in [0.4, 0.5) is 5.82 Å². The molecule has 0 atom stereocenters. The van der Waals surface area contributed by atoms with Crippen molar-refractivity contribution in [2.24, 2.45) is 7.05 Å². The van der Waals surface area contributed by atoms with Crippen molar-refractivity contribution in [2.75, 3.05) is 5.32 Å². The van der Waals surface area contributed by atoms with E-state index in [1.807, 2.05) is 26.1 Å². The van der Waals surface area contributed by atoms with Crippen LogP contribution in [0, 0.1) is 6.92 Å². The number of pyridine rings is 1. The zero-order valence-corrected chi connectivity index (χ0v) is 15.4. The number of carbonyl (C=O) groups excluding carboxylic acids is 1. The smallest absolute Gasteiger partial charge is 0.245 e. The Labute approximate surface area is 161 Å². The molecule has 0 unspecified atom stereocenters. The van der Waals surface area contributed by atoms with Crippen molar-refractivity contribution in [3.63, 3.8) is 0 Å². The second-order valence-electron chi connectivity index (χ2n) is 6.22. The second kappa shape index (κ2) is 7.39. The van der Waals surface area contributed by atoms with Crippen LogP contribution in [-0.4, -0.2) is 40.2 Å². The van der Waals surface area contributed by atoms with E-state index in [-0.39, 0.29) is 12.5 Å². The maximum absolute atomic E-state index is 12.4. The molecule has 0 aliphatic heterocycles. The fourth-order valence-corrected chi connectivity index (χ4v) is 2.87. The lowest BCUT2D eigenvalue weighted by Gasteiger charge is -2.08. The number of aromatic nitrogens is 7. The molecule has 4 rings (SSSR count). The molecule has 9 heteroatoms. The van der Waals surface area contributed by atoms with Crippen molar-refractivity contribution in [1.82, 2.24) is 34.3 Å². The molecular weight excluding hydrogens is 356 g/mol. The molecule has 4 heterocycles. The van der Waals surface area contributed by atoms with Gasteiger partial charge < -0.3 is 9.88 Å². The number of nitrogens with one attached hydrogen (secondary N) is 1. The Bertz CT molecular complexity index is 1100. The Kier molecular flexibility index (Phi) is 4.63. The van der Waals surface area contributed by atoms with Crippen molar-refractivity contribution in [3.05, 3.63) is 61.2 Å². The third-order valence-electron chi connectivity index (χ3n) is 4.37. The lowest BCUT2D eigenvalue weighted by Crippen LogP contribution is -2.19. The highest BCUT2D eigenvalue weighted by atomic mass is 16.2. The maximum Gasteiger partial charge on any atom is 0.245 e. The van der Waals surface area contributed by atoms with Crippen LogP contribution in [0.1, 0.15) is 5.69 Å². The van der Waals surface area contributed by atoms with Gasteiger partial charge in [0.15, 0.2) is 0 Å². The molecule has 1 amide bonds. The number of carbonyl (C=O) groups is 1. The van der Waals surface area contributed by atoms with Gasteiger partial charge in [-0.15, -0.1) is 0 Å². The fraction of sp³-hybridized carbons (Fsp3) is 0.158. The molecule has 0 radical (unpaired) electrons. The third kappa shape index (κ3) is 3.50. The summed E-state index contributed by atoms with van der Waals surface area (Å²) >= 11 is 0. The Balaban J connectivity index is 1.44. The van der Waals surface area contributed by atoms with Crippen molar-refractivity contribution >= 4 is 11.7 Å². The van der Waals surface area contributed by atoms with Gasteiger partial charge in [0.05, 0.1) is 23.9 Å². The van der Waals surface area contributed by atoms with E-state index in [2.05, 4.69) is 30.4 Å². The molecular formula is C19H18N8O. The fourth-order valence-electron chi connectivity index (χ4n) is 2.87. The Morgan fingerprint density at radius 2 is 1.96 bits per heavy atom. The van der Waals surface area contributed by atoms with E-state index >= 15 is 0 Å². The summed E-state index contributed by atoms with van der Waals surface area (Å²) in [6.45, 7) is 2.07. The van der Waals surface area contributed by atoms with Crippen LogP contribution in [0.3, 0.4) is 0 Å². The molecule has 0 saturated carbocycles. The predicted molar refractivity (Wildman–Crippen MR) is 103 cm³/mol. The standard InChI is InChI=1S/C19H18N8O/c1-13-19(16-5-6-24-26(16)2)23-12-27(13)11-18(28)25-17-4-3-14(9-22-17)15-10-20-7-8-21-15/h3-10,12H,11H2,1-2H3,(H,22,25,28). The quantitative estimate of drug-likeness (QED) is 0.574. The van der Waals surface area contributed by atoms with Crippen LogP contribution in [0.2, 0.25) is 0 Å². The van der Waals surface area contributed by atoms with E-state index in [4.69, 9.17) is 0 Å². The van der Waals surface area contributed by atoms with Gasteiger partial charge in [-0.3, -0.25) is 19.4 Å². The van der Waals surface area contributed by atoms with Crippen molar-refractivity contribution in [3.8, 4) is 22.6 Å². The van der Waals surface area contributed by atoms with E-state index in [9.17, 15) is 4.79 Å². The molecule has 140 valence electrons. The number of aryl methyl sites for hydroxylation is 1. The summed E-state index contributed by atoms with van der Waals surface area (Å²) in [4.78, 5) is 29.4.